The van der Waals surface area contributed by atoms with Gasteiger partial charge in [0.1, 0.15) is 0 Å². The van der Waals surface area contributed by atoms with Gasteiger partial charge in [0.25, 0.3) is 5.56 Å². The minimum Gasteiger partial charge on any atom is -0.378 e. The molecule has 1 atom stereocenters. The molecule has 166 valence electrons. The zero-order valence-corrected chi connectivity index (χ0v) is 18.7. The molecule has 1 fully saturated rings. The van der Waals surface area contributed by atoms with Crippen molar-refractivity contribution in [1.29, 1.82) is 0 Å². The van der Waals surface area contributed by atoms with Crippen molar-refractivity contribution in [1.82, 2.24) is 15.3 Å². The molecular formula is C24H32N4O3. The molecule has 1 aliphatic heterocycles. The Morgan fingerprint density at radius 3 is 2.77 bits per heavy atom. The fourth-order valence-electron chi connectivity index (χ4n) is 4.68. The van der Waals surface area contributed by atoms with Crippen LogP contribution in [0.25, 0.3) is 0 Å². The van der Waals surface area contributed by atoms with Gasteiger partial charge in [0, 0.05) is 30.8 Å². The van der Waals surface area contributed by atoms with Crippen molar-refractivity contribution in [3.63, 3.8) is 0 Å². The summed E-state index contributed by atoms with van der Waals surface area (Å²) >= 11 is 0. The van der Waals surface area contributed by atoms with E-state index < -0.39 is 0 Å². The maximum absolute atomic E-state index is 12.7. The molecule has 0 spiro atoms. The summed E-state index contributed by atoms with van der Waals surface area (Å²) in [5.74, 6) is 0.552. The van der Waals surface area contributed by atoms with Crippen molar-refractivity contribution in [2.24, 2.45) is 0 Å². The number of amides is 1. The zero-order valence-electron chi connectivity index (χ0n) is 18.7. The number of ether oxygens (including phenoxy) is 1. The van der Waals surface area contributed by atoms with Gasteiger partial charge in [-0.1, -0.05) is 38.1 Å². The topological polar surface area (TPSA) is 87.3 Å². The molecule has 2 heterocycles. The third kappa shape index (κ3) is 4.66. The molecule has 1 aromatic carbocycles. The van der Waals surface area contributed by atoms with Gasteiger partial charge >= 0.3 is 0 Å². The summed E-state index contributed by atoms with van der Waals surface area (Å²) in [6.45, 7) is 9.04. The molecule has 2 N–H and O–H groups in total. The van der Waals surface area contributed by atoms with Gasteiger partial charge in [-0.05, 0) is 42.7 Å². The number of aromatic nitrogens is 2. The quantitative estimate of drug-likeness (QED) is 0.771. The van der Waals surface area contributed by atoms with Crippen molar-refractivity contribution in [3.8, 4) is 0 Å². The number of benzene rings is 1. The standard InChI is InChI=1S/C24H32N4O3/c1-16-17(22(30)27-23(25-16)28-12-14-31-15-13-28)8-9-21(29)26-20-10-11-24(2,3)19-7-5-4-6-18(19)20/h4-7,20H,8-15H2,1-3H3,(H,26,29)(H,25,27,30)/t20-/m1/s1. The molecule has 4 rings (SSSR count). The molecule has 0 radical (unpaired) electrons. The lowest BCUT2D eigenvalue weighted by Gasteiger charge is -2.37. The number of fused-ring (bicyclic) bond motifs is 1. The van der Waals surface area contributed by atoms with E-state index in [-0.39, 0.29) is 29.3 Å². The fourth-order valence-corrected chi connectivity index (χ4v) is 4.68. The van der Waals surface area contributed by atoms with Crippen LogP contribution in [0.1, 0.15) is 61.5 Å². The Bertz CT molecular complexity index is 1010. The van der Waals surface area contributed by atoms with Crippen LogP contribution in [-0.4, -0.2) is 42.2 Å². The third-order valence-corrected chi connectivity index (χ3v) is 6.58. The number of carbonyl (C=O) groups is 1. The molecule has 7 heteroatoms. The highest BCUT2D eigenvalue weighted by Crippen LogP contribution is 2.41. The maximum Gasteiger partial charge on any atom is 0.255 e. The van der Waals surface area contributed by atoms with Crippen LogP contribution >= 0.6 is 0 Å². The van der Waals surface area contributed by atoms with E-state index in [1.807, 2.05) is 17.9 Å². The van der Waals surface area contributed by atoms with Gasteiger partial charge < -0.3 is 15.0 Å². The number of carbonyl (C=O) groups excluding carboxylic acids is 1. The highest BCUT2D eigenvalue weighted by Gasteiger charge is 2.32. The van der Waals surface area contributed by atoms with Crippen LogP contribution in [0.4, 0.5) is 5.95 Å². The average molecular weight is 425 g/mol. The number of hydrogen-bond acceptors (Lipinski definition) is 5. The molecule has 1 aromatic heterocycles. The van der Waals surface area contributed by atoms with Gasteiger partial charge in [-0.25, -0.2) is 4.98 Å². The smallest absolute Gasteiger partial charge is 0.255 e. The Hall–Kier alpha value is -2.67. The van der Waals surface area contributed by atoms with Gasteiger partial charge in [0.15, 0.2) is 0 Å². The number of aromatic amines is 1. The second-order valence-electron chi connectivity index (χ2n) is 9.18. The van der Waals surface area contributed by atoms with Crippen molar-refractivity contribution >= 4 is 11.9 Å². The maximum atomic E-state index is 12.7. The van der Waals surface area contributed by atoms with Crippen molar-refractivity contribution in [2.45, 2.75) is 57.9 Å². The number of aryl methyl sites for hydroxylation is 1. The van der Waals surface area contributed by atoms with Gasteiger partial charge in [0.2, 0.25) is 11.9 Å². The minimum atomic E-state index is -0.161. The van der Waals surface area contributed by atoms with E-state index in [4.69, 9.17) is 4.74 Å². The van der Waals surface area contributed by atoms with E-state index in [2.05, 4.69) is 47.3 Å². The Kier molecular flexibility index (Phi) is 6.14. The first-order valence-corrected chi connectivity index (χ1v) is 11.2. The molecule has 2 aliphatic rings. The molecule has 1 aliphatic carbocycles. The number of H-pyrrole nitrogens is 1. The summed E-state index contributed by atoms with van der Waals surface area (Å²) in [6.07, 6.45) is 2.60. The number of nitrogens with zero attached hydrogens (tertiary/aromatic N) is 2. The third-order valence-electron chi connectivity index (χ3n) is 6.58. The van der Waals surface area contributed by atoms with Crippen LogP contribution in [0.15, 0.2) is 29.1 Å². The number of rotatable bonds is 5. The van der Waals surface area contributed by atoms with Crippen molar-refractivity contribution in [3.05, 3.63) is 57.0 Å². The molecule has 0 unspecified atom stereocenters. The molecule has 1 saturated heterocycles. The lowest BCUT2D eigenvalue weighted by molar-refractivity contribution is -0.122. The second-order valence-corrected chi connectivity index (χ2v) is 9.18. The van der Waals surface area contributed by atoms with Gasteiger partial charge in [-0.2, -0.15) is 0 Å². The molecule has 2 aromatic rings. The molecule has 0 saturated carbocycles. The summed E-state index contributed by atoms with van der Waals surface area (Å²) < 4.78 is 5.36. The van der Waals surface area contributed by atoms with Gasteiger partial charge in [-0.15, -0.1) is 0 Å². The van der Waals surface area contributed by atoms with Crippen LogP contribution in [0.2, 0.25) is 0 Å². The van der Waals surface area contributed by atoms with E-state index in [1.54, 1.807) is 0 Å². The Morgan fingerprint density at radius 1 is 1.29 bits per heavy atom. The minimum absolute atomic E-state index is 0.0259. The second kappa shape index (κ2) is 8.83. The summed E-state index contributed by atoms with van der Waals surface area (Å²) in [5, 5.41) is 3.19. The van der Waals surface area contributed by atoms with Crippen LogP contribution in [0.5, 0.6) is 0 Å². The molecular weight excluding hydrogens is 392 g/mol. The van der Waals surface area contributed by atoms with E-state index in [9.17, 15) is 9.59 Å². The number of nitrogens with one attached hydrogen (secondary N) is 2. The van der Waals surface area contributed by atoms with E-state index in [0.29, 0.717) is 49.9 Å². The van der Waals surface area contributed by atoms with Crippen LogP contribution < -0.4 is 15.8 Å². The van der Waals surface area contributed by atoms with E-state index in [0.717, 1.165) is 12.8 Å². The Labute approximate surface area is 183 Å². The summed E-state index contributed by atoms with van der Waals surface area (Å²) in [7, 11) is 0. The number of morpholine rings is 1. The molecule has 1 amide bonds. The summed E-state index contributed by atoms with van der Waals surface area (Å²) in [5.41, 5.74) is 3.74. The van der Waals surface area contributed by atoms with Crippen LogP contribution in [0.3, 0.4) is 0 Å². The fraction of sp³-hybridized carbons (Fsp3) is 0.542. The normalized spacial score (nSPS) is 20.2. The van der Waals surface area contributed by atoms with E-state index >= 15 is 0 Å². The first-order valence-electron chi connectivity index (χ1n) is 11.2. The lowest BCUT2D eigenvalue weighted by atomic mass is 9.71. The molecule has 0 bridgehead atoms. The number of hydrogen-bond donors (Lipinski definition) is 2. The zero-order chi connectivity index (χ0) is 22.0. The van der Waals surface area contributed by atoms with Gasteiger partial charge in [-0.3, -0.25) is 14.6 Å². The number of anilines is 1. The molecule has 7 nitrogen and oxygen atoms in total. The van der Waals surface area contributed by atoms with Gasteiger partial charge in [0.05, 0.1) is 19.3 Å². The van der Waals surface area contributed by atoms with E-state index in [1.165, 1.54) is 11.1 Å². The highest BCUT2D eigenvalue weighted by molar-refractivity contribution is 5.77. The van der Waals surface area contributed by atoms with Crippen molar-refractivity contribution in [2.75, 3.05) is 31.2 Å². The lowest BCUT2D eigenvalue weighted by Crippen LogP contribution is -2.39. The van der Waals surface area contributed by atoms with Crippen LogP contribution in [0, 0.1) is 6.92 Å². The largest absolute Gasteiger partial charge is 0.378 e. The predicted octanol–water partition coefficient (Wildman–Crippen LogP) is 2.78. The highest BCUT2D eigenvalue weighted by atomic mass is 16.5. The van der Waals surface area contributed by atoms with Crippen LogP contribution in [-0.2, 0) is 21.4 Å². The summed E-state index contributed by atoms with van der Waals surface area (Å²) in [6, 6.07) is 8.40. The Morgan fingerprint density at radius 2 is 2.03 bits per heavy atom. The monoisotopic (exact) mass is 424 g/mol. The first kappa shape index (κ1) is 21.6. The SMILES string of the molecule is Cc1nc(N2CCOCC2)[nH]c(=O)c1CCC(=O)N[C@@H]1CCC(C)(C)c2ccccc21. The Balaban J connectivity index is 1.41. The summed E-state index contributed by atoms with van der Waals surface area (Å²) in [4.78, 5) is 34.9. The molecule has 31 heavy (non-hydrogen) atoms. The average Bonchev–Trinajstić information content (AvgIpc) is 2.76. The first-order chi connectivity index (χ1) is 14.8. The predicted molar refractivity (Wildman–Crippen MR) is 121 cm³/mol. The van der Waals surface area contributed by atoms with Crippen molar-refractivity contribution < 1.29 is 9.53 Å².